The van der Waals surface area contributed by atoms with Crippen molar-refractivity contribution in [1.82, 2.24) is 9.97 Å². The molecular weight excluding hydrogens is 300 g/mol. The maximum atomic E-state index is 9.00. The minimum absolute atomic E-state index is 0.292. The zero-order valence-electron chi connectivity index (χ0n) is 13.0. The maximum absolute atomic E-state index is 9.00. The number of ether oxygens (including phenoxy) is 1. The van der Waals surface area contributed by atoms with Gasteiger partial charge in [0.05, 0.1) is 0 Å². The van der Waals surface area contributed by atoms with E-state index in [0.717, 1.165) is 16.9 Å². The van der Waals surface area contributed by atoms with Crippen LogP contribution in [0.5, 0.6) is 5.75 Å². The molecule has 0 spiro atoms. The minimum atomic E-state index is 0.292. The Hall–Kier alpha value is -3.39. The summed E-state index contributed by atoms with van der Waals surface area (Å²) >= 11 is 0. The maximum Gasteiger partial charge on any atom is 0.182 e. The standard InChI is InChI=1S/C19H16N4O/c20-12-18-19(22-11-10-21-18)23-13-15-6-8-17(9-7-15)24-14-16-4-2-1-3-5-16/h1-11H,13-14H2,(H,22,23). The van der Waals surface area contributed by atoms with Gasteiger partial charge in [0, 0.05) is 18.9 Å². The van der Waals surface area contributed by atoms with Crippen LogP contribution in [0.1, 0.15) is 16.8 Å². The molecule has 3 aromatic rings. The van der Waals surface area contributed by atoms with Gasteiger partial charge in [-0.05, 0) is 23.3 Å². The molecule has 1 N–H and O–H groups in total. The lowest BCUT2D eigenvalue weighted by Crippen LogP contribution is -2.04. The van der Waals surface area contributed by atoms with Crippen LogP contribution in [0.15, 0.2) is 67.0 Å². The molecule has 0 saturated carbocycles. The Morgan fingerprint density at radius 3 is 2.42 bits per heavy atom. The average molecular weight is 316 g/mol. The number of anilines is 1. The second-order valence-electron chi connectivity index (χ2n) is 5.14. The molecule has 2 aromatic carbocycles. The topological polar surface area (TPSA) is 70.8 Å². The van der Waals surface area contributed by atoms with Crippen LogP contribution in [-0.4, -0.2) is 9.97 Å². The predicted octanol–water partition coefficient (Wildman–Crippen LogP) is 3.54. The van der Waals surface area contributed by atoms with E-state index in [2.05, 4.69) is 15.3 Å². The highest BCUT2D eigenvalue weighted by atomic mass is 16.5. The van der Waals surface area contributed by atoms with Crippen molar-refractivity contribution in [3.05, 3.63) is 83.8 Å². The molecule has 0 radical (unpaired) electrons. The van der Waals surface area contributed by atoms with Crippen molar-refractivity contribution < 1.29 is 4.74 Å². The summed E-state index contributed by atoms with van der Waals surface area (Å²) < 4.78 is 5.76. The molecule has 3 rings (SSSR count). The second kappa shape index (κ2) is 7.75. The van der Waals surface area contributed by atoms with Gasteiger partial charge >= 0.3 is 0 Å². The van der Waals surface area contributed by atoms with Gasteiger partial charge in [-0.15, -0.1) is 0 Å². The first-order chi connectivity index (χ1) is 11.8. The molecule has 0 atom stereocenters. The largest absolute Gasteiger partial charge is 0.489 e. The van der Waals surface area contributed by atoms with Gasteiger partial charge in [-0.25, -0.2) is 9.97 Å². The molecule has 0 amide bonds. The molecule has 118 valence electrons. The molecular formula is C19H16N4O. The van der Waals surface area contributed by atoms with Crippen molar-refractivity contribution in [1.29, 1.82) is 5.26 Å². The molecule has 0 aliphatic carbocycles. The molecule has 5 heteroatoms. The Morgan fingerprint density at radius 1 is 0.917 bits per heavy atom. The van der Waals surface area contributed by atoms with Gasteiger partial charge in [0.1, 0.15) is 18.4 Å². The Kier molecular flexibility index (Phi) is 5.00. The van der Waals surface area contributed by atoms with Crippen molar-refractivity contribution in [3.63, 3.8) is 0 Å². The Morgan fingerprint density at radius 2 is 1.67 bits per heavy atom. The van der Waals surface area contributed by atoms with Crippen LogP contribution in [0.2, 0.25) is 0 Å². The Bertz CT molecular complexity index is 826. The van der Waals surface area contributed by atoms with Crippen LogP contribution in [0, 0.1) is 11.3 Å². The van der Waals surface area contributed by atoms with Gasteiger partial charge in [0.2, 0.25) is 0 Å². The van der Waals surface area contributed by atoms with Gasteiger partial charge in [0.25, 0.3) is 0 Å². The second-order valence-corrected chi connectivity index (χ2v) is 5.14. The number of hydrogen-bond acceptors (Lipinski definition) is 5. The molecule has 0 aliphatic heterocycles. The van der Waals surface area contributed by atoms with Gasteiger partial charge in [-0.3, -0.25) is 0 Å². The minimum Gasteiger partial charge on any atom is -0.489 e. The van der Waals surface area contributed by atoms with E-state index in [1.54, 1.807) is 6.20 Å². The van der Waals surface area contributed by atoms with Crippen molar-refractivity contribution >= 4 is 5.82 Å². The zero-order valence-corrected chi connectivity index (χ0v) is 13.0. The summed E-state index contributed by atoms with van der Waals surface area (Å²) in [7, 11) is 0. The molecule has 1 aromatic heterocycles. The van der Waals surface area contributed by atoms with Crippen molar-refractivity contribution in [2.24, 2.45) is 0 Å². The van der Waals surface area contributed by atoms with Crippen LogP contribution in [0.25, 0.3) is 0 Å². The van der Waals surface area contributed by atoms with Crippen molar-refractivity contribution in [2.75, 3.05) is 5.32 Å². The lowest BCUT2D eigenvalue weighted by molar-refractivity contribution is 0.306. The van der Waals surface area contributed by atoms with Crippen LogP contribution in [0.3, 0.4) is 0 Å². The quantitative estimate of drug-likeness (QED) is 0.753. The van der Waals surface area contributed by atoms with E-state index in [1.165, 1.54) is 6.20 Å². The number of hydrogen-bond donors (Lipinski definition) is 1. The molecule has 24 heavy (non-hydrogen) atoms. The summed E-state index contributed by atoms with van der Waals surface area (Å²) in [6.07, 6.45) is 3.06. The summed E-state index contributed by atoms with van der Waals surface area (Å²) in [6.45, 7) is 1.11. The Labute approximate surface area is 140 Å². The van der Waals surface area contributed by atoms with Gasteiger partial charge in [0.15, 0.2) is 11.5 Å². The molecule has 0 aliphatic rings. The Balaban J connectivity index is 1.56. The number of nitrogens with one attached hydrogen (secondary N) is 1. The van der Waals surface area contributed by atoms with Gasteiger partial charge < -0.3 is 10.1 Å². The third-order valence-electron chi connectivity index (χ3n) is 3.44. The van der Waals surface area contributed by atoms with Crippen LogP contribution >= 0.6 is 0 Å². The van der Waals surface area contributed by atoms with E-state index in [9.17, 15) is 0 Å². The predicted molar refractivity (Wildman–Crippen MR) is 91.3 cm³/mol. The van der Waals surface area contributed by atoms with Crippen LogP contribution in [0.4, 0.5) is 5.82 Å². The monoisotopic (exact) mass is 316 g/mol. The first-order valence-electron chi connectivity index (χ1n) is 7.56. The lowest BCUT2D eigenvalue weighted by Gasteiger charge is -2.09. The highest BCUT2D eigenvalue weighted by molar-refractivity contribution is 5.47. The molecule has 5 nitrogen and oxygen atoms in total. The third-order valence-corrected chi connectivity index (χ3v) is 3.44. The van der Waals surface area contributed by atoms with E-state index in [1.807, 2.05) is 60.7 Å². The number of benzene rings is 2. The normalized spacial score (nSPS) is 9.96. The summed E-state index contributed by atoms with van der Waals surface area (Å²) in [4.78, 5) is 8.09. The van der Waals surface area contributed by atoms with Crippen molar-refractivity contribution in [3.8, 4) is 11.8 Å². The number of rotatable bonds is 6. The third kappa shape index (κ3) is 4.08. The summed E-state index contributed by atoms with van der Waals surface area (Å²) in [5.41, 5.74) is 2.49. The summed E-state index contributed by atoms with van der Waals surface area (Å²) in [6, 6.07) is 19.9. The first kappa shape index (κ1) is 15.5. The fourth-order valence-corrected chi connectivity index (χ4v) is 2.18. The van der Waals surface area contributed by atoms with Crippen LogP contribution in [-0.2, 0) is 13.2 Å². The van der Waals surface area contributed by atoms with E-state index in [0.29, 0.717) is 24.7 Å². The highest BCUT2D eigenvalue weighted by Crippen LogP contribution is 2.15. The van der Waals surface area contributed by atoms with E-state index in [4.69, 9.17) is 10.00 Å². The number of nitrogens with zero attached hydrogens (tertiary/aromatic N) is 3. The highest BCUT2D eigenvalue weighted by Gasteiger charge is 2.03. The lowest BCUT2D eigenvalue weighted by atomic mass is 10.2. The van der Waals surface area contributed by atoms with Gasteiger partial charge in [-0.1, -0.05) is 42.5 Å². The number of aromatic nitrogens is 2. The fraction of sp³-hybridized carbons (Fsp3) is 0.105. The molecule has 0 saturated heterocycles. The van der Waals surface area contributed by atoms with E-state index >= 15 is 0 Å². The molecule has 1 heterocycles. The van der Waals surface area contributed by atoms with E-state index in [-0.39, 0.29) is 0 Å². The molecule has 0 fully saturated rings. The average Bonchev–Trinajstić information content (AvgIpc) is 2.66. The number of nitriles is 1. The summed E-state index contributed by atoms with van der Waals surface area (Å²) in [5, 5.41) is 12.1. The SMILES string of the molecule is N#Cc1nccnc1NCc1ccc(OCc2ccccc2)cc1. The van der Waals surface area contributed by atoms with Crippen LogP contribution < -0.4 is 10.1 Å². The smallest absolute Gasteiger partial charge is 0.182 e. The van der Waals surface area contributed by atoms with Crippen molar-refractivity contribution in [2.45, 2.75) is 13.2 Å². The van der Waals surface area contributed by atoms with E-state index < -0.39 is 0 Å². The summed E-state index contributed by atoms with van der Waals surface area (Å²) in [5.74, 6) is 1.31. The molecule has 0 unspecified atom stereocenters. The zero-order chi connectivity index (χ0) is 16.6. The molecule has 0 bridgehead atoms. The fourth-order valence-electron chi connectivity index (χ4n) is 2.18. The van der Waals surface area contributed by atoms with Gasteiger partial charge in [-0.2, -0.15) is 5.26 Å². The first-order valence-corrected chi connectivity index (χ1v) is 7.56.